The standard InChI is InChI=1S/C12H15F3N2O3/c1-8(6-19-2)17-10(18)9-4-3-5-16-11(9)20-7-12(13,14)15/h3-5,8H,6-7H2,1-2H3,(H,17,18)/t8-/m1/s1. The summed E-state index contributed by atoms with van der Waals surface area (Å²) < 4.78 is 45.7. The molecule has 0 saturated carbocycles. The number of carbonyl (C=O) groups is 1. The molecule has 0 spiro atoms. The summed E-state index contributed by atoms with van der Waals surface area (Å²) in [5, 5.41) is 2.57. The summed E-state index contributed by atoms with van der Waals surface area (Å²) in [7, 11) is 1.48. The van der Waals surface area contributed by atoms with E-state index in [-0.39, 0.29) is 24.1 Å². The van der Waals surface area contributed by atoms with Gasteiger partial charge in [-0.3, -0.25) is 4.79 Å². The van der Waals surface area contributed by atoms with Crippen LogP contribution in [-0.4, -0.2) is 43.4 Å². The van der Waals surface area contributed by atoms with Crippen molar-refractivity contribution >= 4 is 5.91 Å². The topological polar surface area (TPSA) is 60.5 Å². The van der Waals surface area contributed by atoms with Gasteiger partial charge in [-0.25, -0.2) is 4.98 Å². The molecule has 0 aliphatic carbocycles. The number of nitrogens with zero attached hydrogens (tertiary/aromatic N) is 1. The highest BCUT2D eigenvalue weighted by molar-refractivity contribution is 5.96. The first-order chi connectivity index (χ1) is 9.33. The van der Waals surface area contributed by atoms with E-state index in [1.54, 1.807) is 6.92 Å². The predicted molar refractivity (Wildman–Crippen MR) is 64.6 cm³/mol. The van der Waals surface area contributed by atoms with Gasteiger partial charge >= 0.3 is 6.18 Å². The zero-order valence-electron chi connectivity index (χ0n) is 11.0. The van der Waals surface area contributed by atoms with Crippen molar-refractivity contribution in [2.75, 3.05) is 20.3 Å². The first kappa shape index (κ1) is 16.2. The highest BCUT2D eigenvalue weighted by Crippen LogP contribution is 2.19. The molecule has 1 amide bonds. The molecule has 0 radical (unpaired) electrons. The summed E-state index contributed by atoms with van der Waals surface area (Å²) in [5.41, 5.74) is -0.0558. The number of hydrogen-bond acceptors (Lipinski definition) is 4. The molecule has 1 rings (SSSR count). The molecule has 20 heavy (non-hydrogen) atoms. The van der Waals surface area contributed by atoms with Crippen LogP contribution in [0, 0.1) is 0 Å². The molecule has 0 bridgehead atoms. The van der Waals surface area contributed by atoms with E-state index in [1.165, 1.54) is 25.4 Å². The fraction of sp³-hybridized carbons (Fsp3) is 0.500. The molecule has 1 aromatic heterocycles. The Morgan fingerprint density at radius 1 is 1.50 bits per heavy atom. The Labute approximate surface area is 114 Å². The molecule has 1 heterocycles. The van der Waals surface area contributed by atoms with Crippen LogP contribution in [0.2, 0.25) is 0 Å². The number of amides is 1. The summed E-state index contributed by atoms with van der Waals surface area (Å²) in [4.78, 5) is 15.5. The Kier molecular flexibility index (Phi) is 5.75. The van der Waals surface area contributed by atoms with Crippen molar-refractivity contribution in [1.82, 2.24) is 10.3 Å². The van der Waals surface area contributed by atoms with Gasteiger partial charge in [-0.2, -0.15) is 13.2 Å². The average molecular weight is 292 g/mol. The van der Waals surface area contributed by atoms with Crippen molar-refractivity contribution in [2.24, 2.45) is 0 Å². The summed E-state index contributed by atoms with van der Waals surface area (Å²) in [5.74, 6) is -0.924. The van der Waals surface area contributed by atoms with Crippen LogP contribution in [0.3, 0.4) is 0 Å². The van der Waals surface area contributed by atoms with Crippen molar-refractivity contribution in [2.45, 2.75) is 19.1 Å². The molecule has 0 saturated heterocycles. The predicted octanol–water partition coefficient (Wildman–Crippen LogP) is 1.79. The van der Waals surface area contributed by atoms with Crippen LogP contribution in [0.15, 0.2) is 18.3 Å². The van der Waals surface area contributed by atoms with E-state index in [2.05, 4.69) is 15.0 Å². The molecule has 0 fully saturated rings. The Balaban J connectivity index is 2.76. The number of hydrogen-bond donors (Lipinski definition) is 1. The summed E-state index contributed by atoms with van der Waals surface area (Å²) in [6, 6.07) is 2.49. The van der Waals surface area contributed by atoms with E-state index in [4.69, 9.17) is 4.74 Å². The molecule has 0 aromatic carbocycles. The first-order valence-electron chi connectivity index (χ1n) is 5.78. The van der Waals surface area contributed by atoms with Gasteiger partial charge in [0.15, 0.2) is 6.61 Å². The molecule has 1 N–H and O–H groups in total. The molecular weight excluding hydrogens is 277 g/mol. The quantitative estimate of drug-likeness (QED) is 0.868. The zero-order chi connectivity index (χ0) is 15.2. The largest absolute Gasteiger partial charge is 0.467 e. The van der Waals surface area contributed by atoms with Gasteiger partial charge in [-0.05, 0) is 19.1 Å². The van der Waals surface area contributed by atoms with Gasteiger partial charge in [0, 0.05) is 19.3 Å². The number of aromatic nitrogens is 1. The third kappa shape index (κ3) is 5.43. The minimum Gasteiger partial charge on any atom is -0.467 e. The van der Waals surface area contributed by atoms with Gasteiger partial charge in [-0.15, -0.1) is 0 Å². The van der Waals surface area contributed by atoms with Gasteiger partial charge in [0.1, 0.15) is 5.56 Å². The summed E-state index contributed by atoms with van der Waals surface area (Å²) in [6.07, 6.45) is -3.24. The highest BCUT2D eigenvalue weighted by Gasteiger charge is 2.29. The van der Waals surface area contributed by atoms with Crippen molar-refractivity contribution in [1.29, 1.82) is 0 Å². The number of halogens is 3. The molecule has 8 heteroatoms. The fourth-order valence-corrected chi connectivity index (χ4v) is 1.42. The molecule has 112 valence electrons. The molecule has 1 atom stereocenters. The minimum absolute atomic E-state index is 0.0558. The van der Waals surface area contributed by atoms with Gasteiger partial charge in [0.2, 0.25) is 5.88 Å². The van der Waals surface area contributed by atoms with Crippen LogP contribution < -0.4 is 10.1 Å². The maximum Gasteiger partial charge on any atom is 0.422 e. The first-order valence-corrected chi connectivity index (χ1v) is 5.78. The van der Waals surface area contributed by atoms with Gasteiger partial charge < -0.3 is 14.8 Å². The number of rotatable bonds is 6. The Morgan fingerprint density at radius 2 is 2.20 bits per heavy atom. The maximum atomic E-state index is 12.1. The second kappa shape index (κ2) is 7.09. The van der Waals surface area contributed by atoms with Crippen LogP contribution in [-0.2, 0) is 4.74 Å². The lowest BCUT2D eigenvalue weighted by molar-refractivity contribution is -0.154. The van der Waals surface area contributed by atoms with E-state index in [9.17, 15) is 18.0 Å². The second-order valence-electron chi connectivity index (χ2n) is 4.09. The van der Waals surface area contributed by atoms with Crippen LogP contribution in [0.25, 0.3) is 0 Å². The van der Waals surface area contributed by atoms with Crippen LogP contribution in [0.5, 0.6) is 5.88 Å². The van der Waals surface area contributed by atoms with Crippen LogP contribution in [0.4, 0.5) is 13.2 Å². The fourth-order valence-electron chi connectivity index (χ4n) is 1.42. The molecular formula is C12H15F3N2O3. The van der Waals surface area contributed by atoms with Crippen molar-refractivity contribution in [3.8, 4) is 5.88 Å². The number of alkyl halides is 3. The van der Waals surface area contributed by atoms with Crippen molar-refractivity contribution in [3.05, 3.63) is 23.9 Å². The van der Waals surface area contributed by atoms with Crippen molar-refractivity contribution < 1.29 is 27.4 Å². The maximum absolute atomic E-state index is 12.1. The third-order valence-electron chi connectivity index (χ3n) is 2.18. The molecule has 0 aliphatic heterocycles. The van der Waals surface area contributed by atoms with E-state index in [0.717, 1.165) is 0 Å². The lowest BCUT2D eigenvalue weighted by atomic mass is 10.2. The van der Waals surface area contributed by atoms with Gasteiger partial charge in [0.05, 0.1) is 6.61 Å². The van der Waals surface area contributed by atoms with Gasteiger partial charge in [-0.1, -0.05) is 0 Å². The zero-order valence-corrected chi connectivity index (χ0v) is 11.0. The lowest BCUT2D eigenvalue weighted by Crippen LogP contribution is -2.36. The minimum atomic E-state index is -4.49. The number of methoxy groups -OCH3 is 1. The smallest absolute Gasteiger partial charge is 0.422 e. The third-order valence-corrected chi connectivity index (χ3v) is 2.18. The normalized spacial score (nSPS) is 12.8. The molecule has 5 nitrogen and oxygen atoms in total. The second-order valence-corrected chi connectivity index (χ2v) is 4.09. The van der Waals surface area contributed by atoms with E-state index < -0.39 is 18.7 Å². The van der Waals surface area contributed by atoms with E-state index in [0.29, 0.717) is 0 Å². The average Bonchev–Trinajstić information content (AvgIpc) is 2.36. The van der Waals surface area contributed by atoms with Crippen LogP contribution >= 0.6 is 0 Å². The highest BCUT2D eigenvalue weighted by atomic mass is 19.4. The molecule has 1 aromatic rings. The molecule has 0 aliphatic rings. The number of nitrogens with one attached hydrogen (secondary N) is 1. The van der Waals surface area contributed by atoms with E-state index in [1.807, 2.05) is 0 Å². The SMILES string of the molecule is COC[C@@H](C)NC(=O)c1cccnc1OCC(F)(F)F. The van der Waals surface area contributed by atoms with Crippen LogP contribution in [0.1, 0.15) is 17.3 Å². The monoisotopic (exact) mass is 292 g/mol. The number of pyridine rings is 1. The lowest BCUT2D eigenvalue weighted by Gasteiger charge is -2.15. The van der Waals surface area contributed by atoms with Crippen molar-refractivity contribution in [3.63, 3.8) is 0 Å². The Hall–Kier alpha value is -1.83. The summed E-state index contributed by atoms with van der Waals surface area (Å²) >= 11 is 0. The summed E-state index contributed by atoms with van der Waals surface area (Å²) in [6.45, 7) is 0.483. The van der Waals surface area contributed by atoms with Gasteiger partial charge in [0.25, 0.3) is 5.91 Å². The molecule has 0 unspecified atom stereocenters. The Morgan fingerprint density at radius 3 is 2.80 bits per heavy atom. The number of ether oxygens (including phenoxy) is 2. The Bertz CT molecular complexity index is 452. The number of carbonyl (C=O) groups excluding carboxylic acids is 1. The van der Waals surface area contributed by atoms with E-state index >= 15 is 0 Å².